The van der Waals surface area contributed by atoms with E-state index in [0.29, 0.717) is 18.3 Å². The van der Waals surface area contributed by atoms with Gasteiger partial charge in [-0.15, -0.1) is 11.3 Å². The molecule has 0 unspecified atom stereocenters. The van der Waals surface area contributed by atoms with Crippen LogP contribution in [0.1, 0.15) is 58.7 Å². The van der Waals surface area contributed by atoms with Crippen molar-refractivity contribution < 1.29 is 9.32 Å². The van der Waals surface area contributed by atoms with E-state index < -0.39 is 0 Å². The molecule has 22 heavy (non-hydrogen) atoms. The normalized spacial score (nSPS) is 13.9. The van der Waals surface area contributed by atoms with E-state index in [9.17, 15) is 4.79 Å². The number of thiophene rings is 1. The number of hydrogen-bond donors (Lipinski definition) is 0. The van der Waals surface area contributed by atoms with Gasteiger partial charge in [-0.3, -0.25) is 4.79 Å². The molecule has 1 aliphatic rings. The molecule has 0 radical (unpaired) electrons. The lowest BCUT2D eigenvalue weighted by Gasteiger charge is -2.17. The van der Waals surface area contributed by atoms with Gasteiger partial charge < -0.3 is 9.42 Å². The van der Waals surface area contributed by atoms with Gasteiger partial charge in [-0.05, 0) is 37.7 Å². The Hall–Kier alpha value is -1.69. The summed E-state index contributed by atoms with van der Waals surface area (Å²) in [5, 5.41) is 5.96. The second-order valence-corrected chi connectivity index (χ2v) is 6.74. The number of rotatable bonds is 5. The van der Waals surface area contributed by atoms with Crippen molar-refractivity contribution in [1.29, 1.82) is 0 Å². The van der Waals surface area contributed by atoms with E-state index in [1.165, 1.54) is 23.3 Å². The van der Waals surface area contributed by atoms with Crippen LogP contribution in [-0.4, -0.2) is 28.0 Å². The van der Waals surface area contributed by atoms with Crippen LogP contribution in [0.4, 0.5) is 0 Å². The summed E-state index contributed by atoms with van der Waals surface area (Å²) >= 11 is 1.72. The number of amides is 1. The first-order chi connectivity index (χ1) is 10.7. The van der Waals surface area contributed by atoms with Crippen LogP contribution >= 0.6 is 11.3 Å². The highest BCUT2D eigenvalue weighted by atomic mass is 32.1. The lowest BCUT2D eigenvalue weighted by Crippen LogP contribution is -2.27. The van der Waals surface area contributed by atoms with Crippen LogP contribution in [-0.2, 0) is 25.8 Å². The molecule has 2 aromatic heterocycles. The molecule has 1 amide bonds. The van der Waals surface area contributed by atoms with Crippen LogP contribution in [0.25, 0.3) is 0 Å². The summed E-state index contributed by atoms with van der Waals surface area (Å²) in [6.45, 7) is 2.45. The quantitative estimate of drug-likeness (QED) is 0.849. The standard InChI is InChI=1S/C16H21N3O2S/c1-3-6-15-17-14(18-21-15)9-19(2)16(20)12-10-22-13-8-5-4-7-11(12)13/h10H,3-9H2,1-2H3. The average Bonchev–Trinajstić information content (AvgIpc) is 3.13. The molecule has 0 aliphatic heterocycles. The Morgan fingerprint density at radius 2 is 2.23 bits per heavy atom. The molecule has 6 heteroatoms. The van der Waals surface area contributed by atoms with E-state index in [-0.39, 0.29) is 5.91 Å². The van der Waals surface area contributed by atoms with E-state index in [0.717, 1.165) is 31.2 Å². The maximum atomic E-state index is 12.7. The number of fused-ring (bicyclic) bond motifs is 1. The van der Waals surface area contributed by atoms with Crippen LogP contribution in [0.5, 0.6) is 0 Å². The molecule has 0 spiro atoms. The van der Waals surface area contributed by atoms with Crippen LogP contribution in [0, 0.1) is 0 Å². The Balaban J connectivity index is 1.70. The number of aromatic nitrogens is 2. The predicted molar refractivity (Wildman–Crippen MR) is 85.1 cm³/mol. The fourth-order valence-electron chi connectivity index (χ4n) is 2.83. The summed E-state index contributed by atoms with van der Waals surface area (Å²) in [5.74, 6) is 1.27. The van der Waals surface area contributed by atoms with E-state index in [4.69, 9.17) is 4.52 Å². The van der Waals surface area contributed by atoms with E-state index in [1.54, 1.807) is 23.3 Å². The number of carbonyl (C=O) groups excluding carboxylic acids is 1. The minimum atomic E-state index is 0.0567. The maximum absolute atomic E-state index is 12.7. The molecule has 0 N–H and O–H groups in total. The molecule has 2 heterocycles. The van der Waals surface area contributed by atoms with Gasteiger partial charge in [-0.25, -0.2) is 0 Å². The van der Waals surface area contributed by atoms with Crippen LogP contribution in [0.2, 0.25) is 0 Å². The van der Waals surface area contributed by atoms with Crippen LogP contribution in [0.3, 0.4) is 0 Å². The Kier molecular flexibility index (Phi) is 4.57. The van der Waals surface area contributed by atoms with Gasteiger partial charge in [0.15, 0.2) is 5.82 Å². The Morgan fingerprint density at radius 3 is 3.05 bits per heavy atom. The Labute approximate surface area is 134 Å². The lowest BCUT2D eigenvalue weighted by molar-refractivity contribution is 0.0780. The van der Waals surface area contributed by atoms with Crippen molar-refractivity contribution in [3.05, 3.63) is 33.1 Å². The van der Waals surface area contributed by atoms with Crippen molar-refractivity contribution in [3.8, 4) is 0 Å². The maximum Gasteiger partial charge on any atom is 0.255 e. The minimum absolute atomic E-state index is 0.0567. The molecule has 3 rings (SSSR count). The van der Waals surface area contributed by atoms with Crippen LogP contribution < -0.4 is 0 Å². The summed E-state index contributed by atoms with van der Waals surface area (Å²) in [7, 11) is 1.80. The number of aryl methyl sites for hydroxylation is 2. The zero-order valence-electron chi connectivity index (χ0n) is 13.1. The Bertz CT molecular complexity index is 662. The predicted octanol–water partition coefficient (Wildman–Crippen LogP) is 3.23. The SMILES string of the molecule is CCCc1nc(CN(C)C(=O)c2csc3c2CCCC3)no1. The van der Waals surface area contributed by atoms with Gasteiger partial charge in [0.2, 0.25) is 5.89 Å². The molecule has 0 aromatic carbocycles. The van der Waals surface area contributed by atoms with Crippen molar-refractivity contribution in [1.82, 2.24) is 15.0 Å². The number of hydrogen-bond acceptors (Lipinski definition) is 5. The van der Waals surface area contributed by atoms with E-state index in [1.807, 2.05) is 5.38 Å². The van der Waals surface area contributed by atoms with Gasteiger partial charge in [0.05, 0.1) is 12.1 Å². The third-order valence-electron chi connectivity index (χ3n) is 3.99. The molecule has 0 atom stereocenters. The van der Waals surface area contributed by atoms with Gasteiger partial charge >= 0.3 is 0 Å². The molecule has 0 fully saturated rings. The van der Waals surface area contributed by atoms with Gasteiger partial charge in [0.25, 0.3) is 5.91 Å². The lowest BCUT2D eigenvalue weighted by atomic mass is 9.95. The van der Waals surface area contributed by atoms with Gasteiger partial charge in [0, 0.05) is 23.7 Å². The highest BCUT2D eigenvalue weighted by Gasteiger charge is 2.23. The molecule has 118 valence electrons. The van der Waals surface area contributed by atoms with E-state index >= 15 is 0 Å². The Morgan fingerprint density at radius 1 is 1.41 bits per heavy atom. The molecular weight excluding hydrogens is 298 g/mol. The van der Waals surface area contributed by atoms with Crippen molar-refractivity contribution in [3.63, 3.8) is 0 Å². The second-order valence-electron chi connectivity index (χ2n) is 5.77. The molecular formula is C16H21N3O2S. The highest BCUT2D eigenvalue weighted by molar-refractivity contribution is 7.10. The summed E-state index contributed by atoms with van der Waals surface area (Å²) in [6.07, 6.45) is 6.30. The second kappa shape index (κ2) is 6.60. The zero-order chi connectivity index (χ0) is 15.5. The first-order valence-corrected chi connectivity index (χ1v) is 8.73. The molecule has 2 aromatic rings. The van der Waals surface area contributed by atoms with Crippen LogP contribution in [0.15, 0.2) is 9.90 Å². The van der Waals surface area contributed by atoms with Crippen molar-refractivity contribution in [2.45, 2.75) is 52.0 Å². The zero-order valence-corrected chi connectivity index (χ0v) is 13.9. The fraction of sp³-hybridized carbons (Fsp3) is 0.562. The summed E-state index contributed by atoms with van der Waals surface area (Å²) in [5.41, 5.74) is 2.12. The first kappa shape index (κ1) is 15.2. The first-order valence-electron chi connectivity index (χ1n) is 7.85. The summed E-state index contributed by atoms with van der Waals surface area (Å²) in [4.78, 5) is 20.0. The van der Waals surface area contributed by atoms with Gasteiger partial charge in [0.1, 0.15) is 0 Å². The van der Waals surface area contributed by atoms with Crippen molar-refractivity contribution >= 4 is 17.2 Å². The molecule has 0 saturated carbocycles. The smallest absolute Gasteiger partial charge is 0.255 e. The number of carbonyl (C=O) groups is 1. The summed E-state index contributed by atoms with van der Waals surface area (Å²) in [6, 6.07) is 0. The van der Waals surface area contributed by atoms with E-state index in [2.05, 4.69) is 17.1 Å². The molecule has 0 bridgehead atoms. The molecule has 5 nitrogen and oxygen atoms in total. The van der Waals surface area contributed by atoms with Crippen molar-refractivity contribution in [2.24, 2.45) is 0 Å². The fourth-order valence-corrected chi connectivity index (χ4v) is 3.95. The third kappa shape index (κ3) is 3.06. The minimum Gasteiger partial charge on any atom is -0.339 e. The highest BCUT2D eigenvalue weighted by Crippen LogP contribution is 2.30. The largest absolute Gasteiger partial charge is 0.339 e. The van der Waals surface area contributed by atoms with Gasteiger partial charge in [-0.2, -0.15) is 4.98 Å². The summed E-state index contributed by atoms with van der Waals surface area (Å²) < 4.78 is 5.17. The molecule has 0 saturated heterocycles. The third-order valence-corrected chi connectivity index (χ3v) is 5.08. The van der Waals surface area contributed by atoms with Crippen molar-refractivity contribution in [2.75, 3.05) is 7.05 Å². The van der Waals surface area contributed by atoms with Gasteiger partial charge in [-0.1, -0.05) is 12.1 Å². The topological polar surface area (TPSA) is 59.2 Å². The average molecular weight is 319 g/mol. The monoisotopic (exact) mass is 319 g/mol. The number of nitrogens with zero attached hydrogens (tertiary/aromatic N) is 3. The molecule has 1 aliphatic carbocycles.